The van der Waals surface area contributed by atoms with Crippen LogP contribution in [0.2, 0.25) is 0 Å². The van der Waals surface area contributed by atoms with Gasteiger partial charge in [0.2, 0.25) is 5.91 Å². The number of nitrogens with one attached hydrogen (secondary N) is 1. The number of hydrogen-bond donors (Lipinski definition) is 2. The summed E-state index contributed by atoms with van der Waals surface area (Å²) in [4.78, 5) is 14.7. The highest BCUT2D eigenvalue weighted by Gasteiger charge is 1.98. The van der Waals surface area contributed by atoms with E-state index in [-0.39, 0.29) is 5.91 Å². The number of aromatic nitrogens is 1. The molecule has 0 aliphatic rings. The van der Waals surface area contributed by atoms with E-state index in [0.717, 1.165) is 30.2 Å². The Morgan fingerprint density at radius 3 is 3.07 bits per heavy atom. The Morgan fingerprint density at radius 2 is 2.50 bits per heavy atom. The van der Waals surface area contributed by atoms with Crippen LogP contribution in [0.25, 0.3) is 0 Å². The zero-order valence-electron chi connectivity index (χ0n) is 8.25. The van der Waals surface area contributed by atoms with Crippen LogP contribution in [0.3, 0.4) is 0 Å². The van der Waals surface area contributed by atoms with Gasteiger partial charge in [-0.1, -0.05) is 0 Å². The molecule has 14 heavy (non-hydrogen) atoms. The number of primary amides is 1. The van der Waals surface area contributed by atoms with E-state index in [1.165, 1.54) is 0 Å². The Balaban J connectivity index is 2.07. The third kappa shape index (κ3) is 4.34. The van der Waals surface area contributed by atoms with Crippen molar-refractivity contribution in [1.82, 2.24) is 10.3 Å². The molecule has 1 heterocycles. The Labute approximate surface area is 87.5 Å². The molecule has 0 atom stereocenters. The summed E-state index contributed by atoms with van der Waals surface area (Å²) in [6.45, 7) is 3.56. The maximum absolute atomic E-state index is 10.4. The molecule has 1 aromatic heterocycles. The molecular formula is C9H15N3OS. The first kappa shape index (κ1) is 11.1. The first-order valence-corrected chi connectivity index (χ1v) is 5.46. The molecule has 78 valence electrons. The lowest BCUT2D eigenvalue weighted by atomic mass is 10.3. The standard InChI is InChI=1S/C9H15N3OS/c1-7-6-14-9(12-7)5-11-4-2-3-8(10)13/h6,11H,2-5H2,1H3,(H2,10,13). The highest BCUT2D eigenvalue weighted by Crippen LogP contribution is 2.07. The maximum atomic E-state index is 10.4. The van der Waals surface area contributed by atoms with Gasteiger partial charge in [-0.3, -0.25) is 4.79 Å². The fourth-order valence-electron chi connectivity index (χ4n) is 1.07. The Morgan fingerprint density at radius 1 is 1.71 bits per heavy atom. The highest BCUT2D eigenvalue weighted by molar-refractivity contribution is 7.09. The van der Waals surface area contributed by atoms with Gasteiger partial charge in [0, 0.05) is 24.0 Å². The number of amides is 1. The normalized spacial score (nSPS) is 10.4. The molecule has 0 aliphatic carbocycles. The number of carbonyl (C=O) groups is 1. The van der Waals surface area contributed by atoms with Gasteiger partial charge in [-0.15, -0.1) is 11.3 Å². The largest absolute Gasteiger partial charge is 0.370 e. The fraction of sp³-hybridized carbons (Fsp3) is 0.556. The molecule has 1 rings (SSSR count). The Kier molecular flexibility index (Phi) is 4.55. The van der Waals surface area contributed by atoms with Gasteiger partial charge in [0.1, 0.15) is 5.01 Å². The van der Waals surface area contributed by atoms with Crippen LogP contribution in [0.15, 0.2) is 5.38 Å². The van der Waals surface area contributed by atoms with Crippen molar-refractivity contribution >= 4 is 17.2 Å². The van der Waals surface area contributed by atoms with Crippen molar-refractivity contribution in [3.8, 4) is 0 Å². The summed E-state index contributed by atoms with van der Waals surface area (Å²) >= 11 is 1.65. The molecule has 0 radical (unpaired) electrons. The van der Waals surface area contributed by atoms with Crippen molar-refractivity contribution in [2.75, 3.05) is 6.54 Å². The number of aryl methyl sites for hydroxylation is 1. The molecule has 1 amide bonds. The summed E-state index contributed by atoms with van der Waals surface area (Å²) in [5.41, 5.74) is 6.07. The van der Waals surface area contributed by atoms with Crippen molar-refractivity contribution in [3.63, 3.8) is 0 Å². The second kappa shape index (κ2) is 5.72. The maximum Gasteiger partial charge on any atom is 0.217 e. The lowest BCUT2D eigenvalue weighted by molar-refractivity contribution is -0.118. The van der Waals surface area contributed by atoms with Gasteiger partial charge in [-0.2, -0.15) is 0 Å². The van der Waals surface area contributed by atoms with Gasteiger partial charge < -0.3 is 11.1 Å². The van der Waals surface area contributed by atoms with Crippen LogP contribution >= 0.6 is 11.3 Å². The van der Waals surface area contributed by atoms with Gasteiger partial charge in [-0.25, -0.2) is 4.98 Å². The molecule has 0 saturated carbocycles. The minimum Gasteiger partial charge on any atom is -0.370 e. The number of nitrogens with two attached hydrogens (primary N) is 1. The van der Waals surface area contributed by atoms with Crippen molar-refractivity contribution in [2.45, 2.75) is 26.3 Å². The Hall–Kier alpha value is -0.940. The number of thiazole rings is 1. The molecule has 0 unspecified atom stereocenters. The lowest BCUT2D eigenvalue weighted by Crippen LogP contribution is -2.18. The highest BCUT2D eigenvalue weighted by atomic mass is 32.1. The van der Waals surface area contributed by atoms with Gasteiger partial charge >= 0.3 is 0 Å². The molecule has 4 nitrogen and oxygen atoms in total. The van der Waals surface area contributed by atoms with Crippen molar-refractivity contribution in [1.29, 1.82) is 0 Å². The number of hydrogen-bond acceptors (Lipinski definition) is 4. The minimum atomic E-state index is -0.239. The number of nitrogens with zero attached hydrogens (tertiary/aromatic N) is 1. The third-order valence-electron chi connectivity index (χ3n) is 1.72. The van der Waals surface area contributed by atoms with Gasteiger partial charge in [0.05, 0.1) is 0 Å². The van der Waals surface area contributed by atoms with Gasteiger partial charge in [0.15, 0.2) is 0 Å². The van der Waals surface area contributed by atoms with Crippen LogP contribution in [0, 0.1) is 6.92 Å². The molecular weight excluding hydrogens is 198 g/mol. The van der Waals surface area contributed by atoms with Crippen molar-refractivity contribution < 1.29 is 4.79 Å². The first-order valence-electron chi connectivity index (χ1n) is 4.58. The molecule has 5 heteroatoms. The van der Waals surface area contributed by atoms with Crippen LogP contribution < -0.4 is 11.1 Å². The first-order chi connectivity index (χ1) is 6.68. The molecule has 1 aromatic rings. The summed E-state index contributed by atoms with van der Waals surface area (Å²) < 4.78 is 0. The van der Waals surface area contributed by atoms with E-state index in [9.17, 15) is 4.79 Å². The van der Waals surface area contributed by atoms with Gasteiger partial charge in [-0.05, 0) is 19.9 Å². The zero-order valence-corrected chi connectivity index (χ0v) is 9.06. The molecule has 3 N–H and O–H groups in total. The summed E-state index contributed by atoms with van der Waals surface area (Å²) in [6, 6.07) is 0. The van der Waals surface area contributed by atoms with Crippen LogP contribution in [0.5, 0.6) is 0 Å². The van der Waals surface area contributed by atoms with Crippen LogP contribution in [0.1, 0.15) is 23.5 Å². The van der Waals surface area contributed by atoms with Crippen LogP contribution in [0.4, 0.5) is 0 Å². The molecule has 0 aromatic carbocycles. The van der Waals surface area contributed by atoms with Gasteiger partial charge in [0.25, 0.3) is 0 Å². The lowest BCUT2D eigenvalue weighted by Gasteiger charge is -2.00. The molecule has 0 spiro atoms. The van der Waals surface area contributed by atoms with E-state index in [2.05, 4.69) is 10.3 Å². The quantitative estimate of drug-likeness (QED) is 0.687. The van der Waals surface area contributed by atoms with Crippen LogP contribution in [-0.2, 0) is 11.3 Å². The fourth-order valence-corrected chi connectivity index (χ4v) is 1.81. The second-order valence-corrected chi connectivity index (χ2v) is 4.07. The molecule has 0 saturated heterocycles. The van der Waals surface area contributed by atoms with Crippen molar-refractivity contribution in [3.05, 3.63) is 16.1 Å². The predicted octanol–water partition coefficient (Wildman–Crippen LogP) is 0.807. The zero-order chi connectivity index (χ0) is 10.4. The van der Waals surface area contributed by atoms with E-state index in [1.807, 2.05) is 12.3 Å². The number of carbonyl (C=O) groups excluding carboxylic acids is 1. The third-order valence-corrected chi connectivity index (χ3v) is 2.69. The summed E-state index contributed by atoms with van der Waals surface area (Å²) in [7, 11) is 0. The van der Waals surface area contributed by atoms with Crippen LogP contribution in [-0.4, -0.2) is 17.4 Å². The van der Waals surface area contributed by atoms with E-state index >= 15 is 0 Å². The second-order valence-electron chi connectivity index (χ2n) is 3.13. The molecule has 0 aliphatic heterocycles. The molecule has 0 bridgehead atoms. The Bertz CT molecular complexity index is 298. The summed E-state index contributed by atoms with van der Waals surface area (Å²) in [6.07, 6.45) is 1.24. The average Bonchev–Trinajstić information content (AvgIpc) is 2.50. The monoisotopic (exact) mass is 213 g/mol. The predicted molar refractivity (Wildman–Crippen MR) is 57.0 cm³/mol. The molecule has 0 fully saturated rings. The van der Waals surface area contributed by atoms with E-state index in [4.69, 9.17) is 5.73 Å². The average molecular weight is 213 g/mol. The van der Waals surface area contributed by atoms with Crippen molar-refractivity contribution in [2.24, 2.45) is 5.73 Å². The summed E-state index contributed by atoms with van der Waals surface area (Å²) in [5, 5.41) is 6.32. The SMILES string of the molecule is Cc1csc(CNCCCC(N)=O)n1. The van der Waals surface area contributed by atoms with E-state index in [0.29, 0.717) is 6.42 Å². The van der Waals surface area contributed by atoms with E-state index in [1.54, 1.807) is 11.3 Å². The smallest absolute Gasteiger partial charge is 0.217 e. The topological polar surface area (TPSA) is 68.0 Å². The van der Waals surface area contributed by atoms with E-state index < -0.39 is 0 Å². The number of rotatable bonds is 6. The summed E-state index contributed by atoms with van der Waals surface area (Å²) in [5.74, 6) is -0.239. The minimum absolute atomic E-state index is 0.239.